The maximum atomic E-state index is 13.5. The van der Waals surface area contributed by atoms with Gasteiger partial charge >= 0.3 is 0 Å². The fourth-order valence-corrected chi connectivity index (χ4v) is 2.26. The number of aromatic nitrogens is 1. The lowest BCUT2D eigenvalue weighted by Crippen LogP contribution is -2.14. The highest BCUT2D eigenvalue weighted by Crippen LogP contribution is 2.22. The standard InChI is InChI=1S/C16H13FN2O/c1-10-11-6-2-4-8-13(11)18-15(10)16(20)19-14-9-5-3-7-12(14)17/h2-9,18H,1H3,(H,19,20). The van der Waals surface area contributed by atoms with Crippen molar-refractivity contribution < 1.29 is 9.18 Å². The first-order valence-electron chi connectivity index (χ1n) is 6.30. The second-order valence-electron chi connectivity index (χ2n) is 4.60. The van der Waals surface area contributed by atoms with Crippen molar-refractivity contribution >= 4 is 22.5 Å². The highest BCUT2D eigenvalue weighted by atomic mass is 19.1. The Bertz CT molecular complexity index is 792. The van der Waals surface area contributed by atoms with Crippen LogP contribution in [0.25, 0.3) is 10.9 Å². The molecule has 0 aliphatic heterocycles. The zero-order valence-electron chi connectivity index (χ0n) is 10.9. The van der Waals surface area contributed by atoms with Gasteiger partial charge in [-0.2, -0.15) is 0 Å². The molecule has 1 aromatic heterocycles. The van der Waals surface area contributed by atoms with Gasteiger partial charge in [0.15, 0.2) is 0 Å². The molecule has 3 aromatic rings. The number of aromatic amines is 1. The minimum absolute atomic E-state index is 0.176. The number of amides is 1. The molecule has 0 saturated carbocycles. The van der Waals surface area contributed by atoms with Crippen molar-refractivity contribution in [1.29, 1.82) is 0 Å². The number of nitrogens with one attached hydrogen (secondary N) is 2. The smallest absolute Gasteiger partial charge is 0.272 e. The van der Waals surface area contributed by atoms with Gasteiger partial charge in [-0.15, -0.1) is 0 Å². The molecule has 2 aromatic carbocycles. The molecule has 0 atom stereocenters. The number of hydrogen-bond donors (Lipinski definition) is 2. The zero-order valence-corrected chi connectivity index (χ0v) is 10.9. The van der Waals surface area contributed by atoms with E-state index < -0.39 is 5.82 Å². The van der Waals surface area contributed by atoms with E-state index in [2.05, 4.69) is 10.3 Å². The summed E-state index contributed by atoms with van der Waals surface area (Å²) in [5.74, 6) is -0.793. The van der Waals surface area contributed by atoms with Gasteiger partial charge in [-0.25, -0.2) is 4.39 Å². The summed E-state index contributed by atoms with van der Waals surface area (Å²) in [6.07, 6.45) is 0. The van der Waals surface area contributed by atoms with Gasteiger partial charge in [0, 0.05) is 10.9 Å². The summed E-state index contributed by atoms with van der Waals surface area (Å²) >= 11 is 0. The van der Waals surface area contributed by atoms with E-state index in [9.17, 15) is 9.18 Å². The van der Waals surface area contributed by atoms with Crippen LogP contribution in [0.3, 0.4) is 0 Å². The van der Waals surface area contributed by atoms with Crippen molar-refractivity contribution in [3.05, 3.63) is 65.6 Å². The third-order valence-electron chi connectivity index (χ3n) is 3.31. The van der Waals surface area contributed by atoms with Crippen LogP contribution in [0.2, 0.25) is 0 Å². The SMILES string of the molecule is Cc1c(C(=O)Nc2ccccc2F)[nH]c2ccccc12. The van der Waals surface area contributed by atoms with Gasteiger partial charge in [0.2, 0.25) is 0 Å². The van der Waals surface area contributed by atoms with Crippen LogP contribution >= 0.6 is 0 Å². The van der Waals surface area contributed by atoms with E-state index in [1.54, 1.807) is 12.1 Å². The Morgan fingerprint density at radius 1 is 1.10 bits per heavy atom. The molecule has 0 aliphatic rings. The fourth-order valence-electron chi connectivity index (χ4n) is 2.26. The molecule has 1 heterocycles. The highest BCUT2D eigenvalue weighted by Gasteiger charge is 2.15. The molecule has 0 radical (unpaired) electrons. The van der Waals surface area contributed by atoms with E-state index in [0.29, 0.717) is 5.69 Å². The predicted octanol–water partition coefficient (Wildman–Crippen LogP) is 3.87. The number of halogens is 1. The quantitative estimate of drug-likeness (QED) is 0.728. The second kappa shape index (κ2) is 4.81. The monoisotopic (exact) mass is 268 g/mol. The fraction of sp³-hybridized carbons (Fsp3) is 0.0625. The van der Waals surface area contributed by atoms with Gasteiger partial charge in [0.25, 0.3) is 5.91 Å². The first kappa shape index (κ1) is 12.4. The lowest BCUT2D eigenvalue weighted by Gasteiger charge is -2.05. The molecule has 2 N–H and O–H groups in total. The lowest BCUT2D eigenvalue weighted by atomic mass is 10.1. The minimum atomic E-state index is -0.449. The molecule has 1 amide bonds. The molecule has 0 unspecified atom stereocenters. The number of anilines is 1. The van der Waals surface area contributed by atoms with Crippen LogP contribution in [0.5, 0.6) is 0 Å². The average molecular weight is 268 g/mol. The minimum Gasteiger partial charge on any atom is -0.350 e. The molecular formula is C16H13FN2O. The van der Waals surface area contributed by atoms with E-state index in [4.69, 9.17) is 0 Å². The molecule has 100 valence electrons. The molecular weight excluding hydrogens is 255 g/mol. The van der Waals surface area contributed by atoms with Gasteiger partial charge in [0.05, 0.1) is 5.69 Å². The van der Waals surface area contributed by atoms with Gasteiger partial charge in [0.1, 0.15) is 11.5 Å². The topological polar surface area (TPSA) is 44.9 Å². The summed E-state index contributed by atoms with van der Waals surface area (Å²) in [5.41, 5.74) is 2.38. The van der Waals surface area contributed by atoms with E-state index in [0.717, 1.165) is 16.5 Å². The third-order valence-corrected chi connectivity index (χ3v) is 3.31. The van der Waals surface area contributed by atoms with Crippen molar-refractivity contribution in [2.45, 2.75) is 6.92 Å². The van der Waals surface area contributed by atoms with Gasteiger partial charge in [-0.3, -0.25) is 4.79 Å². The molecule has 20 heavy (non-hydrogen) atoms. The number of H-pyrrole nitrogens is 1. The highest BCUT2D eigenvalue weighted by molar-refractivity contribution is 6.07. The number of aryl methyl sites for hydroxylation is 1. The van der Waals surface area contributed by atoms with Gasteiger partial charge < -0.3 is 10.3 Å². The van der Waals surface area contributed by atoms with Crippen LogP contribution in [-0.4, -0.2) is 10.9 Å². The zero-order chi connectivity index (χ0) is 14.1. The summed E-state index contributed by atoms with van der Waals surface area (Å²) in [4.78, 5) is 15.3. The van der Waals surface area contributed by atoms with Gasteiger partial charge in [-0.1, -0.05) is 30.3 Å². The summed E-state index contributed by atoms with van der Waals surface area (Å²) in [6, 6.07) is 13.8. The number of carbonyl (C=O) groups is 1. The van der Waals surface area contributed by atoms with E-state index in [1.807, 2.05) is 31.2 Å². The van der Waals surface area contributed by atoms with Crippen molar-refractivity contribution in [2.24, 2.45) is 0 Å². The van der Waals surface area contributed by atoms with Gasteiger partial charge in [-0.05, 0) is 30.7 Å². The second-order valence-corrected chi connectivity index (χ2v) is 4.60. The summed E-state index contributed by atoms with van der Waals surface area (Å²) in [7, 11) is 0. The normalized spacial score (nSPS) is 10.7. The Morgan fingerprint density at radius 3 is 2.55 bits per heavy atom. The Labute approximate surface area is 115 Å². The number of carbonyl (C=O) groups excluding carboxylic acids is 1. The number of benzene rings is 2. The average Bonchev–Trinajstić information content (AvgIpc) is 2.79. The van der Waals surface area contributed by atoms with Crippen LogP contribution in [0.15, 0.2) is 48.5 Å². The summed E-state index contributed by atoms with van der Waals surface area (Å²) < 4.78 is 13.5. The Morgan fingerprint density at radius 2 is 1.80 bits per heavy atom. The molecule has 0 saturated heterocycles. The first-order chi connectivity index (χ1) is 9.66. The van der Waals surface area contributed by atoms with Crippen molar-refractivity contribution in [1.82, 2.24) is 4.98 Å². The van der Waals surface area contributed by atoms with Crippen LogP contribution in [-0.2, 0) is 0 Å². The maximum Gasteiger partial charge on any atom is 0.272 e. The van der Waals surface area contributed by atoms with Crippen LogP contribution in [0.4, 0.5) is 10.1 Å². The number of para-hydroxylation sites is 2. The first-order valence-corrected chi connectivity index (χ1v) is 6.30. The Hall–Kier alpha value is -2.62. The summed E-state index contributed by atoms with van der Waals surface area (Å²) in [6.45, 7) is 1.87. The van der Waals surface area contributed by atoms with Crippen LogP contribution in [0, 0.1) is 12.7 Å². The lowest BCUT2D eigenvalue weighted by molar-refractivity contribution is 0.102. The number of hydrogen-bond acceptors (Lipinski definition) is 1. The van der Waals surface area contributed by atoms with Crippen molar-refractivity contribution in [3.63, 3.8) is 0 Å². The van der Waals surface area contributed by atoms with E-state index in [1.165, 1.54) is 12.1 Å². The molecule has 0 fully saturated rings. The van der Waals surface area contributed by atoms with Crippen molar-refractivity contribution in [3.8, 4) is 0 Å². The summed E-state index contributed by atoms with van der Waals surface area (Å²) in [5, 5.41) is 3.57. The molecule has 0 aliphatic carbocycles. The maximum absolute atomic E-state index is 13.5. The number of fused-ring (bicyclic) bond motifs is 1. The predicted molar refractivity (Wildman–Crippen MR) is 77.4 cm³/mol. The molecule has 0 bridgehead atoms. The molecule has 3 nitrogen and oxygen atoms in total. The number of rotatable bonds is 2. The molecule has 3 rings (SSSR count). The van der Waals surface area contributed by atoms with E-state index >= 15 is 0 Å². The van der Waals surface area contributed by atoms with E-state index in [-0.39, 0.29) is 11.6 Å². The Balaban J connectivity index is 1.97. The third kappa shape index (κ3) is 2.05. The van der Waals surface area contributed by atoms with Crippen LogP contribution < -0.4 is 5.32 Å². The largest absolute Gasteiger partial charge is 0.350 e. The molecule has 0 spiro atoms. The Kier molecular flexibility index (Phi) is 2.99. The molecule has 4 heteroatoms. The van der Waals surface area contributed by atoms with Crippen molar-refractivity contribution in [2.75, 3.05) is 5.32 Å². The van der Waals surface area contributed by atoms with Crippen LogP contribution in [0.1, 0.15) is 16.1 Å².